The summed E-state index contributed by atoms with van der Waals surface area (Å²) in [6.45, 7) is 1.75. The van der Waals surface area contributed by atoms with Gasteiger partial charge in [-0.25, -0.2) is 4.79 Å². The number of carbonyl (C=O) groups is 2. The molecule has 2 N–H and O–H groups in total. The van der Waals surface area contributed by atoms with Crippen molar-refractivity contribution in [1.82, 2.24) is 19.7 Å². The van der Waals surface area contributed by atoms with Crippen LogP contribution in [0.25, 0.3) is 10.9 Å². The molecule has 0 radical (unpaired) electrons. The Morgan fingerprint density at radius 2 is 2.00 bits per heavy atom. The molecule has 3 rings (SSSR count). The third kappa shape index (κ3) is 3.21. The summed E-state index contributed by atoms with van der Waals surface area (Å²) in [5, 5.41) is 6.59. The molecule has 1 aromatic heterocycles. The fraction of sp³-hybridized carbons (Fsp3) is 0.412. The molecule has 0 saturated carbocycles. The van der Waals surface area contributed by atoms with Crippen LogP contribution in [0.15, 0.2) is 30.5 Å². The summed E-state index contributed by atoms with van der Waals surface area (Å²) in [6, 6.07) is 8.04. The lowest BCUT2D eigenvalue weighted by Gasteiger charge is -2.42. The molecule has 7 heteroatoms. The first-order valence-corrected chi connectivity index (χ1v) is 8.00. The summed E-state index contributed by atoms with van der Waals surface area (Å²) < 4.78 is 1.87. The molecule has 3 amide bonds. The zero-order valence-electron chi connectivity index (χ0n) is 14.2. The monoisotopic (exact) mass is 329 g/mol. The third-order valence-electron chi connectivity index (χ3n) is 4.50. The fourth-order valence-electron chi connectivity index (χ4n) is 2.78. The minimum atomic E-state index is -0.0862. The summed E-state index contributed by atoms with van der Waals surface area (Å²) in [5.41, 5.74) is 1.66. The number of benzene rings is 1. The Morgan fingerprint density at radius 3 is 2.67 bits per heavy atom. The fourth-order valence-corrected chi connectivity index (χ4v) is 2.78. The predicted molar refractivity (Wildman–Crippen MR) is 94.1 cm³/mol. The highest BCUT2D eigenvalue weighted by atomic mass is 16.2. The quantitative estimate of drug-likeness (QED) is 0.884. The van der Waals surface area contributed by atoms with Crippen LogP contribution < -0.4 is 10.6 Å². The first-order valence-electron chi connectivity index (χ1n) is 8.00. The van der Waals surface area contributed by atoms with Crippen molar-refractivity contribution in [3.63, 3.8) is 0 Å². The van der Waals surface area contributed by atoms with Gasteiger partial charge in [0.25, 0.3) is 0 Å². The Hall–Kier alpha value is -2.54. The van der Waals surface area contributed by atoms with Crippen LogP contribution in [-0.2, 0) is 11.3 Å². The largest absolute Gasteiger partial charge is 0.358 e. The smallest absolute Gasteiger partial charge is 0.321 e. The predicted octanol–water partition coefficient (Wildman–Crippen LogP) is 1.16. The molecule has 0 aliphatic carbocycles. The van der Waals surface area contributed by atoms with Crippen LogP contribution in [0.3, 0.4) is 0 Å². The number of carbonyl (C=O) groups excluding carboxylic acids is 2. The van der Waals surface area contributed by atoms with Crippen LogP contribution in [-0.4, -0.2) is 66.6 Å². The van der Waals surface area contributed by atoms with Crippen molar-refractivity contribution in [3.8, 4) is 0 Å². The maximum Gasteiger partial charge on any atom is 0.321 e. The number of nitrogens with one attached hydrogen (secondary N) is 2. The van der Waals surface area contributed by atoms with E-state index in [1.54, 1.807) is 11.9 Å². The van der Waals surface area contributed by atoms with E-state index in [9.17, 15) is 9.59 Å². The zero-order chi connectivity index (χ0) is 17.3. The van der Waals surface area contributed by atoms with Gasteiger partial charge in [0.2, 0.25) is 5.91 Å². The van der Waals surface area contributed by atoms with Crippen LogP contribution in [0.1, 0.15) is 0 Å². The summed E-state index contributed by atoms with van der Waals surface area (Å²) in [6.07, 6.45) is 1.88. The average molecular weight is 329 g/mol. The zero-order valence-corrected chi connectivity index (χ0v) is 14.2. The van der Waals surface area contributed by atoms with E-state index >= 15 is 0 Å². The Labute approximate surface area is 141 Å². The maximum atomic E-state index is 12.3. The molecule has 7 nitrogen and oxygen atoms in total. The maximum absolute atomic E-state index is 12.3. The minimum absolute atomic E-state index is 0.0581. The van der Waals surface area contributed by atoms with Gasteiger partial charge in [0.1, 0.15) is 6.54 Å². The van der Waals surface area contributed by atoms with Gasteiger partial charge in [-0.3, -0.25) is 4.79 Å². The number of amides is 3. The van der Waals surface area contributed by atoms with Gasteiger partial charge in [0.05, 0.1) is 5.52 Å². The lowest BCUT2D eigenvalue weighted by Crippen LogP contribution is -2.60. The molecule has 1 saturated heterocycles. The highest BCUT2D eigenvalue weighted by Crippen LogP contribution is 2.22. The van der Waals surface area contributed by atoms with Gasteiger partial charge < -0.3 is 25.0 Å². The van der Waals surface area contributed by atoms with E-state index in [4.69, 9.17) is 0 Å². The highest BCUT2D eigenvalue weighted by molar-refractivity contribution is 5.93. The molecule has 0 atom stereocenters. The number of hydrogen-bond donors (Lipinski definition) is 2. The van der Waals surface area contributed by atoms with Gasteiger partial charge in [-0.2, -0.15) is 0 Å². The van der Waals surface area contributed by atoms with Crippen LogP contribution in [0, 0.1) is 0 Å². The van der Waals surface area contributed by atoms with Gasteiger partial charge in [-0.1, -0.05) is 6.07 Å². The van der Waals surface area contributed by atoms with E-state index < -0.39 is 0 Å². The molecule has 2 aromatic rings. The van der Waals surface area contributed by atoms with E-state index in [2.05, 4.69) is 15.5 Å². The number of likely N-dealkylation sites (tertiary alicyclic amines) is 1. The van der Waals surface area contributed by atoms with Gasteiger partial charge in [0, 0.05) is 38.1 Å². The van der Waals surface area contributed by atoms with Gasteiger partial charge in [0.15, 0.2) is 0 Å². The molecule has 24 heavy (non-hydrogen) atoms. The second-order valence-electron chi connectivity index (χ2n) is 6.34. The normalized spacial score (nSPS) is 14.8. The van der Waals surface area contributed by atoms with Crippen molar-refractivity contribution in [3.05, 3.63) is 30.5 Å². The van der Waals surface area contributed by atoms with E-state index in [-0.39, 0.29) is 18.5 Å². The molecule has 0 bridgehead atoms. The van der Waals surface area contributed by atoms with Crippen LogP contribution >= 0.6 is 0 Å². The molecule has 128 valence electrons. The summed E-state index contributed by atoms with van der Waals surface area (Å²) in [4.78, 5) is 27.8. The molecule has 1 fully saturated rings. The molecule has 0 unspecified atom stereocenters. The van der Waals surface area contributed by atoms with Crippen molar-refractivity contribution in [1.29, 1.82) is 0 Å². The second-order valence-corrected chi connectivity index (χ2v) is 6.34. The minimum Gasteiger partial charge on any atom is -0.358 e. The van der Waals surface area contributed by atoms with Gasteiger partial charge in [-0.15, -0.1) is 0 Å². The number of rotatable bonds is 4. The summed E-state index contributed by atoms with van der Waals surface area (Å²) >= 11 is 0. The van der Waals surface area contributed by atoms with Gasteiger partial charge >= 0.3 is 6.03 Å². The van der Waals surface area contributed by atoms with E-state index in [1.165, 1.54) is 0 Å². The topological polar surface area (TPSA) is 69.6 Å². The van der Waals surface area contributed by atoms with Crippen LogP contribution in [0.2, 0.25) is 0 Å². The number of nitrogens with zero attached hydrogens (tertiary/aromatic N) is 3. The van der Waals surface area contributed by atoms with Crippen LogP contribution in [0.5, 0.6) is 0 Å². The third-order valence-corrected chi connectivity index (χ3v) is 4.50. The Balaban J connectivity index is 1.70. The molecule has 1 aliphatic rings. The highest BCUT2D eigenvalue weighted by Gasteiger charge is 2.31. The Morgan fingerprint density at radius 1 is 1.25 bits per heavy atom. The van der Waals surface area contributed by atoms with E-state index in [0.29, 0.717) is 6.04 Å². The first kappa shape index (κ1) is 16.3. The van der Waals surface area contributed by atoms with E-state index in [1.807, 2.05) is 49.1 Å². The first-order chi connectivity index (χ1) is 11.5. The number of anilines is 1. The second kappa shape index (κ2) is 6.52. The van der Waals surface area contributed by atoms with Crippen molar-refractivity contribution in [2.45, 2.75) is 12.6 Å². The molecular weight excluding hydrogens is 306 g/mol. The summed E-state index contributed by atoms with van der Waals surface area (Å²) in [5.74, 6) is -0.0581. The van der Waals surface area contributed by atoms with Crippen molar-refractivity contribution >= 4 is 28.5 Å². The standard InChI is InChI=1S/C17H23N5O2/c1-18-16(23)11-21-7-6-12-4-5-13(8-15(12)21)19-17(24)22-9-14(10-22)20(2)3/h4-8,14H,9-11H2,1-3H3,(H,18,23)(H,19,24). The average Bonchev–Trinajstić information content (AvgIpc) is 2.87. The van der Waals surface area contributed by atoms with Gasteiger partial charge in [-0.05, 0) is 37.7 Å². The molecule has 1 aromatic carbocycles. The Kier molecular flexibility index (Phi) is 4.44. The summed E-state index contributed by atoms with van der Waals surface area (Å²) in [7, 11) is 5.66. The molecule has 2 heterocycles. The van der Waals surface area contributed by atoms with Crippen molar-refractivity contribution in [2.24, 2.45) is 0 Å². The molecular formula is C17H23N5O2. The lowest BCUT2D eigenvalue weighted by atomic mass is 10.1. The SMILES string of the molecule is CNC(=O)Cn1ccc2ccc(NC(=O)N3CC(N(C)C)C3)cc21. The number of fused-ring (bicyclic) bond motifs is 1. The molecule has 0 spiro atoms. The van der Waals surface area contributed by atoms with Crippen molar-refractivity contribution in [2.75, 3.05) is 39.5 Å². The van der Waals surface area contributed by atoms with Crippen LogP contribution in [0.4, 0.5) is 10.5 Å². The number of urea groups is 1. The van der Waals surface area contributed by atoms with E-state index in [0.717, 1.165) is 29.7 Å². The number of likely N-dealkylation sites (N-methyl/N-ethyl adjacent to an activating group) is 2. The Bertz CT molecular complexity index is 761. The lowest BCUT2D eigenvalue weighted by molar-refractivity contribution is -0.121. The van der Waals surface area contributed by atoms with Crippen molar-refractivity contribution < 1.29 is 9.59 Å². The number of hydrogen-bond acceptors (Lipinski definition) is 3. The molecule has 1 aliphatic heterocycles. The number of aromatic nitrogens is 1.